The summed E-state index contributed by atoms with van der Waals surface area (Å²) in [5, 5.41) is 0. The van der Waals surface area contributed by atoms with E-state index in [1.165, 1.54) is 103 Å². The summed E-state index contributed by atoms with van der Waals surface area (Å²) < 4.78 is 5.19. The zero-order valence-electron chi connectivity index (χ0n) is 27.9. The Labute approximate surface area is 260 Å². The van der Waals surface area contributed by atoms with Crippen LogP contribution in [0.5, 0.6) is 0 Å². The molecule has 0 aliphatic carbocycles. The van der Waals surface area contributed by atoms with E-state index in [1.54, 1.807) is 0 Å². The number of aldehydes is 1. The molecule has 0 saturated carbocycles. The molecule has 4 nitrogen and oxygen atoms in total. The van der Waals surface area contributed by atoms with Gasteiger partial charge in [0.1, 0.15) is 6.29 Å². The smallest absolute Gasteiger partial charge is 0.316 e. The van der Waals surface area contributed by atoms with Gasteiger partial charge in [0.25, 0.3) is 0 Å². The molecule has 1 unspecified atom stereocenters. The van der Waals surface area contributed by atoms with Crippen molar-refractivity contribution in [1.82, 2.24) is 0 Å². The molecule has 0 aromatic carbocycles. The minimum Gasteiger partial charge on any atom is -0.393 e. The van der Waals surface area contributed by atoms with Crippen LogP contribution in [0.2, 0.25) is 0 Å². The molecule has 0 aromatic heterocycles. The molecule has 0 N–H and O–H groups in total. The predicted octanol–water partition coefficient (Wildman–Crippen LogP) is 11.9. The van der Waals surface area contributed by atoms with Gasteiger partial charge in [-0.2, -0.15) is 0 Å². The number of esters is 2. The molecule has 0 amide bonds. The second-order valence-corrected chi connectivity index (χ2v) is 12.2. The van der Waals surface area contributed by atoms with Crippen LogP contribution in [0.4, 0.5) is 0 Å². The average molecular weight is 589 g/mol. The van der Waals surface area contributed by atoms with Crippen molar-refractivity contribution < 1.29 is 19.1 Å². The van der Waals surface area contributed by atoms with Crippen LogP contribution in [0.25, 0.3) is 0 Å². The van der Waals surface area contributed by atoms with Crippen molar-refractivity contribution in [2.75, 3.05) is 0 Å². The van der Waals surface area contributed by atoms with Gasteiger partial charge in [0.2, 0.25) is 0 Å². The molecule has 0 heterocycles. The molecule has 0 fully saturated rings. The van der Waals surface area contributed by atoms with Crippen LogP contribution in [0, 0.1) is 5.92 Å². The van der Waals surface area contributed by atoms with E-state index in [-0.39, 0.29) is 17.9 Å². The summed E-state index contributed by atoms with van der Waals surface area (Å²) in [6.07, 6.45) is 41.6. The molecule has 0 radical (unpaired) electrons. The molecule has 0 bridgehead atoms. The van der Waals surface area contributed by atoms with Crippen molar-refractivity contribution in [1.29, 1.82) is 0 Å². The van der Waals surface area contributed by atoms with Gasteiger partial charge < -0.3 is 9.53 Å². The lowest BCUT2D eigenvalue weighted by Gasteiger charge is -2.13. The third kappa shape index (κ3) is 29.8. The van der Waals surface area contributed by atoms with E-state index in [1.807, 2.05) is 6.92 Å². The van der Waals surface area contributed by atoms with Crippen LogP contribution >= 0.6 is 0 Å². The maximum atomic E-state index is 12.5. The van der Waals surface area contributed by atoms with Crippen molar-refractivity contribution in [2.45, 2.75) is 194 Å². The number of unbranched alkanes of at least 4 members (excludes halogenated alkanes) is 21. The number of ether oxygens (including phenoxy) is 1. The SMILES string of the molecule is CCCCCC=CCC=CCCCCCCCC(=O)OC(=O)C(CC)CCCCCCCCCCCCCCCC=O. The van der Waals surface area contributed by atoms with Crippen molar-refractivity contribution in [3.05, 3.63) is 24.3 Å². The Morgan fingerprint density at radius 2 is 1.00 bits per heavy atom. The van der Waals surface area contributed by atoms with Gasteiger partial charge in [0, 0.05) is 12.8 Å². The van der Waals surface area contributed by atoms with Gasteiger partial charge in [0.05, 0.1) is 5.92 Å². The average Bonchev–Trinajstić information content (AvgIpc) is 2.99. The summed E-state index contributed by atoms with van der Waals surface area (Å²) in [6, 6.07) is 0. The van der Waals surface area contributed by atoms with Gasteiger partial charge in [-0.25, -0.2) is 0 Å². The number of hydrogen-bond acceptors (Lipinski definition) is 4. The number of carbonyl (C=O) groups is 3. The fourth-order valence-electron chi connectivity index (χ4n) is 5.38. The Morgan fingerprint density at radius 3 is 1.50 bits per heavy atom. The number of allylic oxidation sites excluding steroid dienone is 4. The highest BCUT2D eigenvalue weighted by Gasteiger charge is 2.20. The molecule has 0 aliphatic rings. The van der Waals surface area contributed by atoms with Gasteiger partial charge in [-0.3, -0.25) is 9.59 Å². The second-order valence-electron chi connectivity index (χ2n) is 12.2. The van der Waals surface area contributed by atoms with Crippen molar-refractivity contribution in [3.8, 4) is 0 Å². The molecule has 4 heteroatoms. The van der Waals surface area contributed by atoms with E-state index in [0.717, 1.165) is 76.9 Å². The first kappa shape index (κ1) is 40.3. The zero-order chi connectivity index (χ0) is 30.8. The Morgan fingerprint density at radius 1 is 0.548 bits per heavy atom. The first-order valence-corrected chi connectivity index (χ1v) is 18.1. The van der Waals surface area contributed by atoms with Crippen molar-refractivity contribution in [2.24, 2.45) is 5.92 Å². The first-order valence-electron chi connectivity index (χ1n) is 18.1. The summed E-state index contributed by atoms with van der Waals surface area (Å²) in [5.41, 5.74) is 0. The molecular formula is C38H68O4. The van der Waals surface area contributed by atoms with E-state index < -0.39 is 0 Å². The van der Waals surface area contributed by atoms with Crippen LogP contribution in [0.1, 0.15) is 194 Å². The number of rotatable bonds is 32. The maximum Gasteiger partial charge on any atom is 0.316 e. The van der Waals surface area contributed by atoms with E-state index in [4.69, 9.17) is 4.74 Å². The number of hydrogen-bond donors (Lipinski definition) is 0. The van der Waals surface area contributed by atoms with Gasteiger partial charge >= 0.3 is 11.9 Å². The summed E-state index contributed by atoms with van der Waals surface area (Å²) >= 11 is 0. The highest BCUT2D eigenvalue weighted by atomic mass is 16.6. The van der Waals surface area contributed by atoms with E-state index >= 15 is 0 Å². The largest absolute Gasteiger partial charge is 0.393 e. The lowest BCUT2D eigenvalue weighted by Crippen LogP contribution is -2.21. The molecule has 1 atom stereocenters. The molecule has 0 aliphatic heterocycles. The predicted molar refractivity (Wildman–Crippen MR) is 180 cm³/mol. The molecular weight excluding hydrogens is 520 g/mol. The normalized spacial score (nSPS) is 12.3. The topological polar surface area (TPSA) is 60.4 Å². The standard InChI is InChI=1S/C38H68O4/c1-3-5-6-7-8-9-10-11-12-16-19-22-25-28-31-34-37(40)42-38(41)36(4-2)33-30-27-24-21-18-15-13-14-17-20-23-26-29-32-35-39/h8-9,11-12,35-36H,3-7,10,13-34H2,1-2H3. The Balaban J connectivity index is 3.60. The van der Waals surface area contributed by atoms with Gasteiger partial charge in [-0.05, 0) is 57.8 Å². The van der Waals surface area contributed by atoms with Gasteiger partial charge in [-0.15, -0.1) is 0 Å². The van der Waals surface area contributed by atoms with E-state index in [2.05, 4.69) is 31.2 Å². The quantitative estimate of drug-likeness (QED) is 0.0258. The minimum atomic E-state index is -0.345. The summed E-state index contributed by atoms with van der Waals surface area (Å²) in [7, 11) is 0. The highest BCUT2D eigenvalue weighted by Crippen LogP contribution is 2.18. The molecule has 0 spiro atoms. The lowest BCUT2D eigenvalue weighted by molar-refractivity contribution is -0.163. The summed E-state index contributed by atoms with van der Waals surface area (Å²) in [6.45, 7) is 4.26. The monoisotopic (exact) mass is 589 g/mol. The lowest BCUT2D eigenvalue weighted by atomic mass is 9.97. The molecule has 42 heavy (non-hydrogen) atoms. The molecule has 0 rings (SSSR count). The Bertz CT molecular complexity index is 666. The minimum absolute atomic E-state index is 0.142. The fraction of sp³-hybridized carbons (Fsp3) is 0.816. The fourth-order valence-corrected chi connectivity index (χ4v) is 5.38. The number of carbonyl (C=O) groups excluding carboxylic acids is 3. The molecule has 0 saturated heterocycles. The van der Waals surface area contributed by atoms with Crippen molar-refractivity contribution >= 4 is 18.2 Å². The third-order valence-electron chi connectivity index (χ3n) is 8.25. The Hall–Kier alpha value is -1.71. The molecule has 244 valence electrons. The van der Waals surface area contributed by atoms with Gasteiger partial charge in [-0.1, -0.05) is 147 Å². The maximum absolute atomic E-state index is 12.5. The van der Waals surface area contributed by atoms with E-state index in [9.17, 15) is 14.4 Å². The Kier molecular flexibility index (Phi) is 32.4. The van der Waals surface area contributed by atoms with E-state index in [0.29, 0.717) is 6.42 Å². The van der Waals surface area contributed by atoms with Crippen LogP contribution in [-0.2, 0) is 19.1 Å². The molecule has 0 aromatic rings. The second kappa shape index (κ2) is 33.8. The third-order valence-corrected chi connectivity index (χ3v) is 8.25. The van der Waals surface area contributed by atoms with Gasteiger partial charge in [0.15, 0.2) is 0 Å². The summed E-state index contributed by atoms with van der Waals surface area (Å²) in [4.78, 5) is 34.9. The summed E-state index contributed by atoms with van der Waals surface area (Å²) in [5.74, 6) is -0.798. The zero-order valence-corrected chi connectivity index (χ0v) is 27.9. The van der Waals surface area contributed by atoms with Crippen LogP contribution in [0.15, 0.2) is 24.3 Å². The first-order chi connectivity index (χ1) is 20.7. The van der Waals surface area contributed by atoms with Crippen LogP contribution < -0.4 is 0 Å². The van der Waals surface area contributed by atoms with Crippen LogP contribution in [0.3, 0.4) is 0 Å². The highest BCUT2D eigenvalue weighted by molar-refractivity contribution is 5.86. The van der Waals surface area contributed by atoms with Crippen molar-refractivity contribution in [3.63, 3.8) is 0 Å². The van der Waals surface area contributed by atoms with Crippen LogP contribution in [-0.4, -0.2) is 18.2 Å².